The van der Waals surface area contributed by atoms with Gasteiger partial charge in [-0.3, -0.25) is 0 Å². The first-order valence-electron chi connectivity index (χ1n) is 5.22. The summed E-state index contributed by atoms with van der Waals surface area (Å²) in [7, 11) is 1.69. The Kier molecular flexibility index (Phi) is 5.35. The van der Waals surface area contributed by atoms with E-state index >= 15 is 0 Å². The zero-order valence-corrected chi connectivity index (χ0v) is 8.46. The molecule has 2 N–H and O–H groups in total. The molecule has 0 aromatic rings. The fourth-order valence-corrected chi connectivity index (χ4v) is 1.93. The molecule has 0 radical (unpaired) electrons. The van der Waals surface area contributed by atoms with Crippen LogP contribution in [-0.4, -0.2) is 38.0 Å². The van der Waals surface area contributed by atoms with Gasteiger partial charge in [0.25, 0.3) is 0 Å². The maximum atomic E-state index is 9.74. The van der Waals surface area contributed by atoms with Crippen LogP contribution in [0.25, 0.3) is 0 Å². The van der Waals surface area contributed by atoms with Crippen molar-refractivity contribution in [3.8, 4) is 0 Å². The molecular weight excluding hydrogens is 166 g/mol. The molecule has 3 nitrogen and oxygen atoms in total. The van der Waals surface area contributed by atoms with E-state index in [2.05, 4.69) is 5.32 Å². The lowest BCUT2D eigenvalue weighted by atomic mass is 10.0. The van der Waals surface area contributed by atoms with Crippen LogP contribution in [0, 0.1) is 5.92 Å². The average molecular weight is 187 g/mol. The second-order valence-corrected chi connectivity index (χ2v) is 3.81. The number of hydrogen-bond acceptors (Lipinski definition) is 3. The number of nitrogens with one attached hydrogen (secondary N) is 1. The van der Waals surface area contributed by atoms with Gasteiger partial charge in [0.2, 0.25) is 0 Å². The van der Waals surface area contributed by atoms with Crippen molar-refractivity contribution in [2.24, 2.45) is 5.92 Å². The summed E-state index contributed by atoms with van der Waals surface area (Å²) in [5.41, 5.74) is 0. The highest BCUT2D eigenvalue weighted by Gasteiger charge is 2.22. The predicted octanol–water partition coefficient (Wildman–Crippen LogP) is 0.773. The van der Waals surface area contributed by atoms with Crippen molar-refractivity contribution >= 4 is 0 Å². The van der Waals surface area contributed by atoms with Crippen LogP contribution in [0.4, 0.5) is 0 Å². The van der Waals surface area contributed by atoms with E-state index < -0.39 is 0 Å². The Morgan fingerprint density at radius 1 is 1.46 bits per heavy atom. The van der Waals surface area contributed by atoms with Crippen molar-refractivity contribution in [1.82, 2.24) is 5.32 Å². The Balaban J connectivity index is 1.99. The van der Waals surface area contributed by atoms with Gasteiger partial charge in [-0.2, -0.15) is 0 Å². The lowest BCUT2D eigenvalue weighted by Crippen LogP contribution is -2.33. The molecule has 1 atom stereocenters. The minimum absolute atomic E-state index is 0.153. The smallest absolute Gasteiger partial charge is 0.0692 e. The van der Waals surface area contributed by atoms with E-state index in [0.717, 1.165) is 13.2 Å². The molecule has 0 heterocycles. The molecule has 0 aromatic heterocycles. The first-order chi connectivity index (χ1) is 6.34. The summed E-state index contributed by atoms with van der Waals surface area (Å²) in [6.45, 7) is 2.27. The molecule has 1 rings (SSSR count). The summed E-state index contributed by atoms with van der Waals surface area (Å²) in [5, 5.41) is 12.9. The van der Waals surface area contributed by atoms with Gasteiger partial charge in [0, 0.05) is 20.2 Å². The Labute approximate surface area is 80.5 Å². The normalized spacial score (nSPS) is 20.8. The summed E-state index contributed by atoms with van der Waals surface area (Å²) in [6, 6.07) is 0. The molecule has 0 aliphatic heterocycles. The van der Waals surface area contributed by atoms with Gasteiger partial charge in [-0.05, 0) is 18.8 Å². The van der Waals surface area contributed by atoms with E-state index in [1.54, 1.807) is 7.11 Å². The van der Waals surface area contributed by atoms with Crippen LogP contribution in [0.1, 0.15) is 25.7 Å². The molecule has 1 fully saturated rings. The molecule has 0 amide bonds. The van der Waals surface area contributed by atoms with Crippen LogP contribution in [0.3, 0.4) is 0 Å². The summed E-state index contributed by atoms with van der Waals surface area (Å²) in [5.74, 6) is 0.537. The first-order valence-corrected chi connectivity index (χ1v) is 5.22. The third-order valence-electron chi connectivity index (χ3n) is 2.78. The van der Waals surface area contributed by atoms with Gasteiger partial charge < -0.3 is 15.2 Å². The number of aliphatic hydroxyl groups is 1. The van der Waals surface area contributed by atoms with Crippen molar-refractivity contribution in [2.45, 2.75) is 31.8 Å². The molecule has 1 aliphatic rings. The molecule has 3 heteroatoms. The number of ether oxygens (including phenoxy) is 1. The third kappa shape index (κ3) is 4.07. The van der Waals surface area contributed by atoms with Crippen molar-refractivity contribution in [1.29, 1.82) is 0 Å². The van der Waals surface area contributed by atoms with Gasteiger partial charge in [-0.15, -0.1) is 0 Å². The molecule has 13 heavy (non-hydrogen) atoms. The lowest BCUT2D eigenvalue weighted by Gasteiger charge is -2.17. The number of rotatable bonds is 6. The largest absolute Gasteiger partial charge is 0.392 e. The first kappa shape index (κ1) is 11.0. The summed E-state index contributed by atoms with van der Waals surface area (Å²) < 4.78 is 4.90. The minimum atomic E-state index is -0.153. The van der Waals surface area contributed by atoms with Crippen LogP contribution in [-0.2, 0) is 4.74 Å². The van der Waals surface area contributed by atoms with Crippen molar-refractivity contribution < 1.29 is 9.84 Å². The molecule has 0 bridgehead atoms. The highest BCUT2D eigenvalue weighted by Crippen LogP contribution is 2.27. The van der Waals surface area contributed by atoms with E-state index in [1.165, 1.54) is 25.7 Å². The van der Waals surface area contributed by atoms with Gasteiger partial charge in [0.15, 0.2) is 0 Å². The second kappa shape index (κ2) is 6.35. The number of methoxy groups -OCH3 is 1. The summed E-state index contributed by atoms with van der Waals surface area (Å²) in [6.07, 6.45) is 4.83. The van der Waals surface area contributed by atoms with E-state index in [9.17, 15) is 5.11 Å². The molecule has 1 unspecified atom stereocenters. The van der Waals surface area contributed by atoms with Gasteiger partial charge in [-0.1, -0.05) is 12.8 Å². The highest BCUT2D eigenvalue weighted by atomic mass is 16.5. The lowest BCUT2D eigenvalue weighted by molar-refractivity contribution is 0.106. The fourth-order valence-electron chi connectivity index (χ4n) is 1.93. The zero-order valence-electron chi connectivity index (χ0n) is 8.46. The quantitative estimate of drug-likeness (QED) is 0.604. The summed E-state index contributed by atoms with van der Waals surface area (Å²) in [4.78, 5) is 0. The SMILES string of the molecule is COCCNCC(O)C1CCCC1. The van der Waals surface area contributed by atoms with Gasteiger partial charge in [0.05, 0.1) is 12.7 Å². The third-order valence-corrected chi connectivity index (χ3v) is 2.78. The minimum Gasteiger partial charge on any atom is -0.392 e. The molecule has 0 aromatic carbocycles. The van der Waals surface area contributed by atoms with Crippen molar-refractivity contribution in [3.05, 3.63) is 0 Å². The van der Waals surface area contributed by atoms with E-state index in [1.807, 2.05) is 0 Å². The molecule has 0 saturated heterocycles. The molecule has 78 valence electrons. The maximum absolute atomic E-state index is 9.74. The second-order valence-electron chi connectivity index (χ2n) is 3.81. The van der Waals surface area contributed by atoms with Crippen LogP contribution in [0.5, 0.6) is 0 Å². The summed E-state index contributed by atoms with van der Waals surface area (Å²) >= 11 is 0. The van der Waals surface area contributed by atoms with Crippen LogP contribution >= 0.6 is 0 Å². The van der Waals surface area contributed by atoms with Gasteiger partial charge in [0.1, 0.15) is 0 Å². The van der Waals surface area contributed by atoms with Crippen molar-refractivity contribution in [2.75, 3.05) is 26.8 Å². The molecule has 0 spiro atoms. The Morgan fingerprint density at radius 3 is 2.77 bits per heavy atom. The number of hydrogen-bond donors (Lipinski definition) is 2. The van der Waals surface area contributed by atoms with Crippen LogP contribution in [0.15, 0.2) is 0 Å². The molecule has 1 saturated carbocycles. The van der Waals surface area contributed by atoms with Crippen LogP contribution in [0.2, 0.25) is 0 Å². The standard InChI is InChI=1S/C10H21NO2/c1-13-7-6-11-8-10(12)9-4-2-3-5-9/h9-12H,2-8H2,1H3. The van der Waals surface area contributed by atoms with E-state index in [-0.39, 0.29) is 6.10 Å². The predicted molar refractivity (Wildman–Crippen MR) is 52.7 cm³/mol. The van der Waals surface area contributed by atoms with Crippen LogP contribution < -0.4 is 5.32 Å². The fraction of sp³-hybridized carbons (Fsp3) is 1.00. The van der Waals surface area contributed by atoms with E-state index in [0.29, 0.717) is 12.5 Å². The van der Waals surface area contributed by atoms with Gasteiger partial charge >= 0.3 is 0 Å². The zero-order chi connectivity index (χ0) is 9.52. The Morgan fingerprint density at radius 2 is 2.15 bits per heavy atom. The Bertz CT molecular complexity index is 124. The Hall–Kier alpha value is -0.120. The van der Waals surface area contributed by atoms with E-state index in [4.69, 9.17) is 4.74 Å². The average Bonchev–Trinajstić information content (AvgIpc) is 2.65. The van der Waals surface area contributed by atoms with Crippen molar-refractivity contribution in [3.63, 3.8) is 0 Å². The maximum Gasteiger partial charge on any atom is 0.0692 e. The monoisotopic (exact) mass is 187 g/mol. The number of aliphatic hydroxyl groups excluding tert-OH is 1. The molecular formula is C10H21NO2. The topological polar surface area (TPSA) is 41.5 Å². The highest BCUT2D eigenvalue weighted by molar-refractivity contribution is 4.75. The molecule has 1 aliphatic carbocycles. The van der Waals surface area contributed by atoms with Gasteiger partial charge in [-0.25, -0.2) is 0 Å².